The van der Waals surface area contributed by atoms with E-state index in [4.69, 9.17) is 14.4 Å². The van der Waals surface area contributed by atoms with Crippen molar-refractivity contribution in [3.05, 3.63) is 30.1 Å². The molecule has 1 aromatic heterocycles. The largest absolute Gasteiger partial charge is 0.497 e. The van der Waals surface area contributed by atoms with Crippen LogP contribution in [0.2, 0.25) is 0 Å². The topological polar surface area (TPSA) is 115 Å². The third-order valence-electron chi connectivity index (χ3n) is 3.26. The number of carbonyl (C=O) groups is 2. The Morgan fingerprint density at radius 3 is 2.75 bits per heavy atom. The minimum absolute atomic E-state index is 0.115. The van der Waals surface area contributed by atoms with Gasteiger partial charge >= 0.3 is 5.97 Å². The monoisotopic (exact) mass is 333 g/mol. The lowest BCUT2D eigenvalue weighted by atomic mass is 10.0. The van der Waals surface area contributed by atoms with Crippen LogP contribution in [-0.4, -0.2) is 40.3 Å². The lowest BCUT2D eigenvalue weighted by Crippen LogP contribution is -2.42. The van der Waals surface area contributed by atoms with Crippen LogP contribution in [0.4, 0.5) is 0 Å². The highest BCUT2D eigenvalue weighted by molar-refractivity contribution is 5.93. The van der Waals surface area contributed by atoms with Crippen molar-refractivity contribution in [3.8, 4) is 17.2 Å². The molecule has 24 heavy (non-hydrogen) atoms. The molecule has 0 aliphatic heterocycles. The molecule has 0 aliphatic carbocycles. The number of amides is 1. The predicted molar refractivity (Wildman–Crippen MR) is 84.6 cm³/mol. The van der Waals surface area contributed by atoms with Crippen molar-refractivity contribution in [2.75, 3.05) is 7.11 Å². The third-order valence-corrected chi connectivity index (χ3v) is 3.26. The summed E-state index contributed by atoms with van der Waals surface area (Å²) in [5.74, 6) is -1.14. The van der Waals surface area contributed by atoms with E-state index in [0.717, 1.165) is 0 Å². The molecule has 0 bridgehead atoms. The van der Waals surface area contributed by atoms with Crippen LogP contribution in [0.3, 0.4) is 0 Å². The van der Waals surface area contributed by atoms with Gasteiger partial charge in [0.05, 0.1) is 7.11 Å². The molecule has 1 amide bonds. The van der Waals surface area contributed by atoms with Crippen LogP contribution in [0, 0.1) is 5.92 Å². The molecule has 0 saturated heterocycles. The lowest BCUT2D eigenvalue weighted by Gasteiger charge is -2.15. The minimum atomic E-state index is -1.10. The zero-order chi connectivity index (χ0) is 17.7. The van der Waals surface area contributed by atoms with Crippen LogP contribution in [0.25, 0.3) is 11.5 Å². The van der Waals surface area contributed by atoms with Gasteiger partial charge in [0, 0.05) is 5.56 Å². The molecular weight excluding hydrogens is 314 g/mol. The van der Waals surface area contributed by atoms with Gasteiger partial charge in [0.2, 0.25) is 0 Å². The Labute approximate surface area is 138 Å². The van der Waals surface area contributed by atoms with E-state index in [9.17, 15) is 9.59 Å². The Balaban J connectivity index is 2.14. The SMILES string of the molecule is COc1cccc(-c2nc(C(=O)NC(CC(C)C)C(=O)O)no2)c1. The second-order valence-electron chi connectivity index (χ2n) is 5.65. The molecule has 8 nitrogen and oxygen atoms in total. The Morgan fingerprint density at radius 1 is 1.38 bits per heavy atom. The molecule has 2 rings (SSSR count). The standard InChI is InChI=1S/C16H19N3O5/c1-9(2)7-12(16(21)22)17-14(20)13-18-15(24-19-13)10-5-4-6-11(8-10)23-3/h4-6,8-9,12H,7H2,1-3H3,(H,17,20)(H,21,22). The molecule has 1 heterocycles. The van der Waals surface area contributed by atoms with E-state index in [1.807, 2.05) is 13.8 Å². The number of carbonyl (C=O) groups excluding carboxylic acids is 1. The molecule has 2 N–H and O–H groups in total. The molecule has 1 atom stereocenters. The average molecular weight is 333 g/mol. The molecule has 2 aromatic rings. The summed E-state index contributed by atoms with van der Waals surface area (Å²) in [6.45, 7) is 3.74. The van der Waals surface area contributed by atoms with Crippen molar-refractivity contribution in [1.29, 1.82) is 0 Å². The summed E-state index contributed by atoms with van der Waals surface area (Å²) in [4.78, 5) is 27.3. The summed E-state index contributed by atoms with van der Waals surface area (Å²) in [6, 6.07) is 5.93. The fraction of sp³-hybridized carbons (Fsp3) is 0.375. The van der Waals surface area contributed by atoms with Gasteiger partial charge in [0.1, 0.15) is 11.8 Å². The molecule has 1 aromatic carbocycles. The van der Waals surface area contributed by atoms with Crippen LogP contribution in [-0.2, 0) is 4.79 Å². The van der Waals surface area contributed by atoms with Crippen LogP contribution in [0.5, 0.6) is 5.75 Å². The van der Waals surface area contributed by atoms with E-state index in [-0.39, 0.29) is 17.6 Å². The summed E-state index contributed by atoms with van der Waals surface area (Å²) in [6.07, 6.45) is 0.307. The lowest BCUT2D eigenvalue weighted by molar-refractivity contribution is -0.139. The van der Waals surface area contributed by atoms with Gasteiger partial charge in [-0.25, -0.2) is 4.79 Å². The van der Waals surface area contributed by atoms with Gasteiger partial charge in [-0.05, 0) is 30.5 Å². The van der Waals surface area contributed by atoms with Crippen molar-refractivity contribution in [1.82, 2.24) is 15.5 Å². The van der Waals surface area contributed by atoms with E-state index in [2.05, 4.69) is 15.5 Å². The molecule has 0 aliphatic rings. The molecule has 128 valence electrons. The van der Waals surface area contributed by atoms with Crippen LogP contribution < -0.4 is 10.1 Å². The quantitative estimate of drug-likeness (QED) is 0.796. The maximum atomic E-state index is 12.1. The van der Waals surface area contributed by atoms with Crippen LogP contribution >= 0.6 is 0 Å². The highest BCUT2D eigenvalue weighted by Crippen LogP contribution is 2.22. The summed E-state index contributed by atoms with van der Waals surface area (Å²) in [5.41, 5.74) is 0.595. The van der Waals surface area contributed by atoms with Crippen LogP contribution in [0.1, 0.15) is 30.9 Å². The smallest absolute Gasteiger partial charge is 0.326 e. The number of hydrogen-bond acceptors (Lipinski definition) is 6. The van der Waals surface area contributed by atoms with Gasteiger partial charge in [0.25, 0.3) is 17.6 Å². The number of carboxylic acids is 1. The molecule has 0 spiro atoms. The first-order valence-corrected chi connectivity index (χ1v) is 7.42. The van der Waals surface area contributed by atoms with Gasteiger partial charge in [-0.3, -0.25) is 4.79 Å². The minimum Gasteiger partial charge on any atom is -0.497 e. The Morgan fingerprint density at radius 2 is 2.12 bits per heavy atom. The molecule has 1 unspecified atom stereocenters. The Kier molecular flexibility index (Phi) is 5.51. The summed E-state index contributed by atoms with van der Waals surface area (Å²) in [5, 5.41) is 15.2. The van der Waals surface area contributed by atoms with E-state index >= 15 is 0 Å². The van der Waals surface area contributed by atoms with Gasteiger partial charge in [-0.1, -0.05) is 25.1 Å². The number of carboxylic acid groups (broad SMARTS) is 1. The van der Waals surface area contributed by atoms with Crippen molar-refractivity contribution in [2.45, 2.75) is 26.3 Å². The number of ether oxygens (including phenoxy) is 1. The average Bonchev–Trinajstić information content (AvgIpc) is 3.04. The second kappa shape index (κ2) is 7.58. The van der Waals surface area contributed by atoms with Crippen molar-refractivity contribution in [2.24, 2.45) is 5.92 Å². The number of rotatable bonds is 7. The normalized spacial score (nSPS) is 12.0. The number of nitrogens with one attached hydrogen (secondary N) is 1. The second-order valence-corrected chi connectivity index (χ2v) is 5.65. The number of benzene rings is 1. The maximum absolute atomic E-state index is 12.1. The summed E-state index contributed by atoms with van der Waals surface area (Å²) in [7, 11) is 1.53. The number of aliphatic carboxylic acids is 1. The zero-order valence-electron chi connectivity index (χ0n) is 13.6. The third kappa shape index (κ3) is 4.31. The number of nitrogens with zero attached hydrogens (tertiary/aromatic N) is 2. The Hall–Kier alpha value is -2.90. The maximum Gasteiger partial charge on any atom is 0.326 e. The van der Waals surface area contributed by atoms with Crippen molar-refractivity contribution in [3.63, 3.8) is 0 Å². The molecule has 0 radical (unpaired) electrons. The molecule has 0 fully saturated rings. The van der Waals surface area contributed by atoms with E-state index in [1.165, 1.54) is 7.11 Å². The number of methoxy groups -OCH3 is 1. The van der Waals surface area contributed by atoms with Crippen molar-refractivity contribution < 1.29 is 24.0 Å². The van der Waals surface area contributed by atoms with E-state index in [0.29, 0.717) is 17.7 Å². The first kappa shape index (κ1) is 17.5. The van der Waals surface area contributed by atoms with Gasteiger partial charge < -0.3 is 19.7 Å². The molecule has 0 saturated carbocycles. The number of aromatic nitrogens is 2. The highest BCUT2D eigenvalue weighted by atomic mass is 16.5. The zero-order valence-corrected chi connectivity index (χ0v) is 13.6. The molecular formula is C16H19N3O5. The fourth-order valence-electron chi connectivity index (χ4n) is 2.10. The van der Waals surface area contributed by atoms with E-state index < -0.39 is 17.9 Å². The predicted octanol–water partition coefficient (Wildman–Crippen LogP) is 1.97. The van der Waals surface area contributed by atoms with Crippen molar-refractivity contribution >= 4 is 11.9 Å². The summed E-state index contributed by atoms with van der Waals surface area (Å²) >= 11 is 0. The number of hydrogen-bond donors (Lipinski definition) is 2. The fourth-order valence-corrected chi connectivity index (χ4v) is 2.10. The Bertz CT molecular complexity index is 726. The van der Waals surface area contributed by atoms with Gasteiger partial charge in [-0.2, -0.15) is 4.98 Å². The first-order chi connectivity index (χ1) is 11.4. The van der Waals surface area contributed by atoms with E-state index in [1.54, 1.807) is 24.3 Å². The van der Waals surface area contributed by atoms with Gasteiger partial charge in [-0.15, -0.1) is 0 Å². The van der Waals surface area contributed by atoms with Crippen LogP contribution in [0.15, 0.2) is 28.8 Å². The highest BCUT2D eigenvalue weighted by Gasteiger charge is 2.24. The summed E-state index contributed by atoms with van der Waals surface area (Å²) < 4.78 is 10.2. The first-order valence-electron chi connectivity index (χ1n) is 7.42. The molecule has 8 heteroatoms. The van der Waals surface area contributed by atoms with Gasteiger partial charge in [0.15, 0.2) is 0 Å².